The quantitative estimate of drug-likeness (QED) is 0.148. The number of aliphatic imine (C=N–C) groups is 1. The van der Waals surface area contributed by atoms with E-state index in [1.165, 1.54) is 18.5 Å². The van der Waals surface area contributed by atoms with E-state index < -0.39 is 42.0 Å². The molecule has 6 atom stereocenters. The van der Waals surface area contributed by atoms with Crippen molar-refractivity contribution in [3.8, 4) is 0 Å². The molecule has 0 aromatic heterocycles. The molecule has 0 saturated carbocycles. The highest BCUT2D eigenvalue weighted by atomic mass is 16.6. The summed E-state index contributed by atoms with van der Waals surface area (Å²) >= 11 is 0. The Morgan fingerprint density at radius 2 is 2.06 bits per heavy atom. The first kappa shape index (κ1) is 23.4. The second-order valence-corrected chi connectivity index (χ2v) is 7.97. The molecular weight excluding hydrogens is 436 g/mol. The molecule has 3 aliphatic rings. The highest BCUT2D eigenvalue weighted by Crippen LogP contribution is 2.32. The molecule has 0 bridgehead atoms. The van der Waals surface area contributed by atoms with Gasteiger partial charge < -0.3 is 35.4 Å². The maximum atomic E-state index is 10.8. The lowest BCUT2D eigenvalue weighted by atomic mass is 10.1. The number of non-ortho nitro benzene ring substituents is 1. The van der Waals surface area contributed by atoms with E-state index in [-0.39, 0.29) is 18.9 Å². The van der Waals surface area contributed by atoms with Gasteiger partial charge in [0.05, 0.1) is 24.0 Å². The van der Waals surface area contributed by atoms with E-state index >= 15 is 0 Å². The summed E-state index contributed by atoms with van der Waals surface area (Å²) in [6.45, 7) is 2.36. The van der Waals surface area contributed by atoms with Crippen LogP contribution in [0.5, 0.6) is 0 Å². The number of nitrogens with zero attached hydrogens (tertiary/aromatic N) is 3. The van der Waals surface area contributed by atoms with Gasteiger partial charge >= 0.3 is 0 Å². The van der Waals surface area contributed by atoms with Gasteiger partial charge in [-0.15, -0.1) is 0 Å². The molecule has 13 nitrogen and oxygen atoms in total. The van der Waals surface area contributed by atoms with Crippen molar-refractivity contribution in [3.05, 3.63) is 51.5 Å². The van der Waals surface area contributed by atoms with Gasteiger partial charge in [0.2, 0.25) is 0 Å². The molecule has 1 fully saturated rings. The summed E-state index contributed by atoms with van der Waals surface area (Å²) in [5.74, 6) is 0.575. The van der Waals surface area contributed by atoms with E-state index in [1.807, 2.05) is 0 Å². The maximum Gasteiger partial charge on any atom is 0.269 e. The molecule has 13 heteroatoms. The van der Waals surface area contributed by atoms with Crippen LogP contribution in [0.15, 0.2) is 40.8 Å². The molecule has 0 aliphatic carbocycles. The number of ether oxygens (including phenoxy) is 2. The minimum absolute atomic E-state index is 0.0000609. The van der Waals surface area contributed by atoms with Crippen LogP contribution in [-0.2, 0) is 16.1 Å². The Morgan fingerprint density at radius 3 is 2.70 bits per heavy atom. The van der Waals surface area contributed by atoms with E-state index in [2.05, 4.69) is 20.9 Å². The standard InChI is InChI=1S/C20H28N6O7/c1-11-15(28)16(29)19(33-11)25-17-14(24-20(25)21-7-2-8-27)18(23-10-22-17)32-9-12-3-5-13(6-4-12)26(30)31/h3-6,10-11,15-16,18-21,24,27-29H,2,7-9H2,1H3,(H,22,23)/t11-,15-,16-,18?,19-,20?/m1/s1. The average molecular weight is 464 g/mol. The van der Waals surface area contributed by atoms with Crippen LogP contribution in [0.1, 0.15) is 18.9 Å². The molecule has 33 heavy (non-hydrogen) atoms. The van der Waals surface area contributed by atoms with Crippen molar-refractivity contribution >= 4 is 12.0 Å². The van der Waals surface area contributed by atoms with Gasteiger partial charge in [-0.2, -0.15) is 0 Å². The minimum atomic E-state index is -1.14. The lowest BCUT2D eigenvalue weighted by Gasteiger charge is -2.35. The first-order valence-corrected chi connectivity index (χ1v) is 10.7. The fourth-order valence-electron chi connectivity index (χ4n) is 3.95. The summed E-state index contributed by atoms with van der Waals surface area (Å²) in [4.78, 5) is 16.5. The molecule has 4 rings (SSSR count). The minimum Gasteiger partial charge on any atom is -0.396 e. The first-order valence-electron chi connectivity index (χ1n) is 10.7. The topological polar surface area (TPSA) is 174 Å². The molecule has 0 amide bonds. The van der Waals surface area contributed by atoms with Gasteiger partial charge in [-0.3, -0.25) is 20.3 Å². The van der Waals surface area contributed by atoms with Crippen molar-refractivity contribution in [1.82, 2.24) is 20.9 Å². The van der Waals surface area contributed by atoms with Crippen LogP contribution in [0.2, 0.25) is 0 Å². The summed E-state index contributed by atoms with van der Waals surface area (Å²) in [6.07, 6.45) is -2.79. The molecule has 3 heterocycles. The Labute approximate surface area is 189 Å². The van der Waals surface area contributed by atoms with Crippen molar-refractivity contribution in [3.63, 3.8) is 0 Å². The van der Waals surface area contributed by atoms with Gasteiger partial charge in [-0.1, -0.05) is 0 Å². The predicted molar refractivity (Wildman–Crippen MR) is 115 cm³/mol. The Bertz CT molecular complexity index is 911. The van der Waals surface area contributed by atoms with Gasteiger partial charge in [-0.25, -0.2) is 4.99 Å². The Hall–Kier alpha value is -2.81. The second kappa shape index (κ2) is 9.99. The van der Waals surface area contributed by atoms with E-state index in [0.717, 1.165) is 5.56 Å². The predicted octanol–water partition coefficient (Wildman–Crippen LogP) is -1.13. The van der Waals surface area contributed by atoms with Crippen LogP contribution < -0.4 is 16.0 Å². The average Bonchev–Trinajstić information content (AvgIpc) is 3.30. The van der Waals surface area contributed by atoms with Gasteiger partial charge in [-0.05, 0) is 31.0 Å². The van der Waals surface area contributed by atoms with Crippen LogP contribution in [0.4, 0.5) is 5.69 Å². The summed E-state index contributed by atoms with van der Waals surface area (Å²) < 4.78 is 11.8. The molecule has 3 aliphatic heterocycles. The van der Waals surface area contributed by atoms with Crippen LogP contribution in [-0.4, -0.2) is 81.7 Å². The third-order valence-corrected chi connectivity index (χ3v) is 5.72. The summed E-state index contributed by atoms with van der Waals surface area (Å²) in [5.41, 5.74) is 1.35. The number of aliphatic hydroxyl groups is 3. The fourth-order valence-corrected chi connectivity index (χ4v) is 3.95. The van der Waals surface area contributed by atoms with Gasteiger partial charge in [0.25, 0.3) is 5.69 Å². The molecule has 2 unspecified atom stereocenters. The van der Waals surface area contributed by atoms with Crippen LogP contribution in [0.3, 0.4) is 0 Å². The van der Waals surface area contributed by atoms with Crippen LogP contribution >= 0.6 is 0 Å². The third kappa shape index (κ3) is 4.78. The summed E-state index contributed by atoms with van der Waals surface area (Å²) in [7, 11) is 0. The summed E-state index contributed by atoms with van der Waals surface area (Å²) in [5, 5.41) is 50.3. The first-order chi connectivity index (χ1) is 15.9. The highest BCUT2D eigenvalue weighted by Gasteiger charge is 2.49. The number of rotatable bonds is 9. The second-order valence-electron chi connectivity index (χ2n) is 7.97. The van der Waals surface area contributed by atoms with Crippen molar-refractivity contribution in [2.45, 2.75) is 57.0 Å². The number of nitro benzene ring substituents is 1. The largest absolute Gasteiger partial charge is 0.396 e. The summed E-state index contributed by atoms with van der Waals surface area (Å²) in [6, 6.07) is 6.07. The smallest absolute Gasteiger partial charge is 0.269 e. The molecule has 1 aromatic rings. The zero-order valence-corrected chi connectivity index (χ0v) is 18.0. The van der Waals surface area contributed by atoms with Gasteiger partial charge in [0, 0.05) is 25.3 Å². The van der Waals surface area contributed by atoms with E-state index in [1.54, 1.807) is 24.0 Å². The monoisotopic (exact) mass is 464 g/mol. The Kier molecular flexibility index (Phi) is 7.07. The van der Waals surface area contributed by atoms with Crippen LogP contribution in [0, 0.1) is 10.1 Å². The number of hydrogen-bond donors (Lipinski definition) is 6. The van der Waals surface area contributed by atoms with E-state index in [4.69, 9.17) is 14.6 Å². The zero-order valence-electron chi connectivity index (χ0n) is 18.0. The van der Waals surface area contributed by atoms with Crippen molar-refractivity contribution in [2.75, 3.05) is 13.2 Å². The molecule has 6 N–H and O–H groups in total. The molecular formula is C20H28N6O7. The van der Waals surface area contributed by atoms with Crippen LogP contribution in [0.25, 0.3) is 0 Å². The van der Waals surface area contributed by atoms with E-state index in [9.17, 15) is 20.3 Å². The van der Waals surface area contributed by atoms with Gasteiger partial charge in [0.15, 0.2) is 18.7 Å². The number of nitrogens with one attached hydrogen (secondary N) is 3. The van der Waals surface area contributed by atoms with E-state index in [0.29, 0.717) is 24.5 Å². The molecule has 1 saturated heterocycles. The number of aliphatic hydroxyl groups excluding tert-OH is 3. The van der Waals surface area contributed by atoms with Crippen molar-refractivity contribution in [2.24, 2.45) is 4.99 Å². The van der Waals surface area contributed by atoms with Crippen molar-refractivity contribution < 1.29 is 29.7 Å². The molecule has 1 aromatic carbocycles. The SMILES string of the molecule is C[C@H]1O[C@@H](N2C3=C(NC2NCCCO)C(OCc2ccc([N+](=O)[O-])cc2)N=CN3)[C@H](O)[C@@H]1O. The Morgan fingerprint density at radius 1 is 1.30 bits per heavy atom. The molecule has 0 radical (unpaired) electrons. The zero-order chi connectivity index (χ0) is 23.5. The number of benzene rings is 1. The molecule has 0 spiro atoms. The number of hydrogen-bond acceptors (Lipinski definition) is 12. The Balaban J connectivity index is 1.51. The maximum absolute atomic E-state index is 10.8. The fraction of sp³-hybridized carbons (Fsp3) is 0.550. The molecule has 180 valence electrons. The lowest BCUT2D eigenvalue weighted by Crippen LogP contribution is -2.57. The highest BCUT2D eigenvalue weighted by molar-refractivity contribution is 5.61. The lowest BCUT2D eigenvalue weighted by molar-refractivity contribution is -0.384. The normalized spacial score (nSPS) is 30.8. The number of nitro groups is 1. The van der Waals surface area contributed by atoms with Gasteiger partial charge in [0.1, 0.15) is 23.7 Å². The third-order valence-electron chi connectivity index (χ3n) is 5.72. The van der Waals surface area contributed by atoms with Crippen molar-refractivity contribution in [1.29, 1.82) is 0 Å².